The van der Waals surface area contributed by atoms with Crippen molar-refractivity contribution in [1.29, 1.82) is 10.5 Å². The number of para-hydroxylation sites is 2. The molecule has 0 saturated carbocycles. The lowest BCUT2D eigenvalue weighted by Gasteiger charge is -2.31. The number of nitriles is 2. The minimum Gasteiger partial charge on any atom is -0.497 e. The van der Waals surface area contributed by atoms with Gasteiger partial charge in [-0.1, -0.05) is 24.3 Å². The molecule has 0 amide bonds. The SMILES string of the molecule is COc1ccc([C@H]2C(C#N)=C(N)N3C(=C2C#N)Nc2ccccc23)cc1. The molecule has 6 heteroatoms. The van der Waals surface area contributed by atoms with E-state index >= 15 is 0 Å². The first-order valence-corrected chi connectivity index (χ1v) is 8.03. The van der Waals surface area contributed by atoms with E-state index in [9.17, 15) is 10.5 Å². The van der Waals surface area contributed by atoms with Crippen LogP contribution in [0.2, 0.25) is 0 Å². The fourth-order valence-electron chi connectivity index (χ4n) is 3.43. The van der Waals surface area contributed by atoms with Crippen molar-refractivity contribution in [2.45, 2.75) is 5.92 Å². The number of allylic oxidation sites excluding steroid dienone is 2. The van der Waals surface area contributed by atoms with Crippen molar-refractivity contribution in [3.8, 4) is 17.9 Å². The standard InChI is InChI=1S/C20H15N5O/c1-26-13-8-6-12(7-9-13)18-14(10-21)19(23)25-17-5-3-2-4-16(17)24-20(25)15(18)11-22/h2-9,18,24H,23H2,1H3/t18-/m0/s1. The van der Waals surface area contributed by atoms with Crippen molar-refractivity contribution in [3.05, 3.63) is 76.9 Å². The van der Waals surface area contributed by atoms with E-state index in [1.54, 1.807) is 12.0 Å². The minimum absolute atomic E-state index is 0.333. The Kier molecular flexibility index (Phi) is 3.53. The molecule has 0 aromatic heterocycles. The number of nitrogens with two attached hydrogens (primary N) is 1. The second kappa shape index (κ2) is 5.87. The van der Waals surface area contributed by atoms with Gasteiger partial charge in [-0.25, -0.2) is 0 Å². The van der Waals surface area contributed by atoms with Gasteiger partial charge in [0.1, 0.15) is 17.4 Å². The zero-order valence-electron chi connectivity index (χ0n) is 14.0. The van der Waals surface area contributed by atoms with Gasteiger partial charge in [0.25, 0.3) is 0 Å². The molecular weight excluding hydrogens is 326 g/mol. The highest BCUT2D eigenvalue weighted by Gasteiger charge is 2.40. The third-order valence-electron chi connectivity index (χ3n) is 4.66. The Labute approximate surface area is 151 Å². The van der Waals surface area contributed by atoms with Gasteiger partial charge in [-0.3, -0.25) is 4.90 Å². The number of nitrogens with zero attached hydrogens (tertiary/aromatic N) is 3. The summed E-state index contributed by atoms with van der Waals surface area (Å²) in [6, 6.07) is 19.4. The van der Waals surface area contributed by atoms with Gasteiger partial charge in [-0.05, 0) is 29.8 Å². The van der Waals surface area contributed by atoms with Gasteiger partial charge in [0.15, 0.2) is 0 Å². The van der Waals surface area contributed by atoms with E-state index in [-0.39, 0.29) is 0 Å². The van der Waals surface area contributed by atoms with E-state index < -0.39 is 5.92 Å². The Bertz CT molecular complexity index is 1040. The van der Waals surface area contributed by atoms with Gasteiger partial charge in [0.2, 0.25) is 0 Å². The molecule has 2 aliphatic rings. The molecular formula is C20H15N5O. The third kappa shape index (κ3) is 2.10. The van der Waals surface area contributed by atoms with Crippen LogP contribution in [0, 0.1) is 22.7 Å². The first kappa shape index (κ1) is 15.6. The Morgan fingerprint density at radius 3 is 2.38 bits per heavy atom. The topological polar surface area (TPSA) is 98.1 Å². The number of hydrogen-bond donors (Lipinski definition) is 2. The van der Waals surface area contributed by atoms with Crippen LogP contribution < -0.4 is 20.7 Å². The second-order valence-electron chi connectivity index (χ2n) is 5.97. The maximum absolute atomic E-state index is 9.88. The highest BCUT2D eigenvalue weighted by molar-refractivity contribution is 5.86. The number of nitrogens with one attached hydrogen (secondary N) is 1. The summed E-state index contributed by atoms with van der Waals surface area (Å²) in [5.74, 6) is 1.12. The summed E-state index contributed by atoms with van der Waals surface area (Å²) in [4.78, 5) is 1.74. The monoisotopic (exact) mass is 341 g/mol. The molecule has 1 atom stereocenters. The number of anilines is 2. The molecule has 0 radical (unpaired) electrons. The van der Waals surface area contributed by atoms with Crippen LogP contribution >= 0.6 is 0 Å². The van der Waals surface area contributed by atoms with Crippen molar-refractivity contribution >= 4 is 11.4 Å². The molecule has 4 rings (SSSR count). The van der Waals surface area contributed by atoms with Crippen molar-refractivity contribution in [3.63, 3.8) is 0 Å². The number of benzene rings is 2. The number of methoxy groups -OCH3 is 1. The third-order valence-corrected chi connectivity index (χ3v) is 4.66. The van der Waals surface area contributed by atoms with Crippen LogP contribution in [0.5, 0.6) is 5.75 Å². The van der Waals surface area contributed by atoms with Gasteiger partial charge in [-0.2, -0.15) is 10.5 Å². The zero-order valence-corrected chi connectivity index (χ0v) is 14.0. The molecule has 2 aliphatic heterocycles. The van der Waals surface area contributed by atoms with E-state index in [4.69, 9.17) is 10.5 Å². The van der Waals surface area contributed by atoms with Gasteiger partial charge in [0.05, 0.1) is 47.7 Å². The van der Waals surface area contributed by atoms with E-state index in [0.717, 1.165) is 16.9 Å². The average molecular weight is 341 g/mol. The molecule has 0 saturated heterocycles. The first-order chi connectivity index (χ1) is 12.7. The fourth-order valence-corrected chi connectivity index (χ4v) is 3.43. The molecule has 3 N–H and O–H groups in total. The second-order valence-corrected chi connectivity index (χ2v) is 5.97. The smallest absolute Gasteiger partial charge is 0.131 e. The molecule has 0 spiro atoms. The maximum atomic E-state index is 9.88. The lowest BCUT2D eigenvalue weighted by molar-refractivity contribution is 0.414. The Morgan fingerprint density at radius 1 is 1.04 bits per heavy atom. The predicted octanol–water partition coefficient (Wildman–Crippen LogP) is 3.15. The summed E-state index contributed by atoms with van der Waals surface area (Å²) in [5, 5.41) is 22.9. The summed E-state index contributed by atoms with van der Waals surface area (Å²) in [5.41, 5.74) is 9.67. The average Bonchev–Trinajstić information content (AvgIpc) is 3.07. The highest BCUT2D eigenvalue weighted by atomic mass is 16.5. The number of rotatable bonds is 2. The van der Waals surface area contributed by atoms with Crippen molar-refractivity contribution in [1.82, 2.24) is 0 Å². The molecule has 2 heterocycles. The van der Waals surface area contributed by atoms with Gasteiger partial charge < -0.3 is 15.8 Å². The quantitative estimate of drug-likeness (QED) is 0.871. The molecule has 0 unspecified atom stereocenters. The molecule has 2 aromatic rings. The van der Waals surface area contributed by atoms with E-state index in [1.165, 1.54) is 0 Å². The highest BCUT2D eigenvalue weighted by Crippen LogP contribution is 2.47. The van der Waals surface area contributed by atoms with Crippen LogP contribution in [0.15, 0.2) is 71.3 Å². The summed E-state index contributed by atoms with van der Waals surface area (Å²) >= 11 is 0. The van der Waals surface area contributed by atoms with Crippen molar-refractivity contribution in [2.75, 3.05) is 17.3 Å². The molecule has 0 fully saturated rings. The van der Waals surface area contributed by atoms with E-state index in [1.807, 2.05) is 48.5 Å². The van der Waals surface area contributed by atoms with Crippen molar-refractivity contribution in [2.24, 2.45) is 5.73 Å². The largest absolute Gasteiger partial charge is 0.497 e. The molecule has 6 nitrogen and oxygen atoms in total. The number of hydrogen-bond acceptors (Lipinski definition) is 6. The maximum Gasteiger partial charge on any atom is 0.131 e. The van der Waals surface area contributed by atoms with Crippen LogP contribution in [0.1, 0.15) is 11.5 Å². The Balaban J connectivity index is 1.92. The predicted molar refractivity (Wildman–Crippen MR) is 97.7 cm³/mol. The van der Waals surface area contributed by atoms with Gasteiger partial charge in [-0.15, -0.1) is 0 Å². The number of ether oxygens (including phenoxy) is 1. The summed E-state index contributed by atoms with van der Waals surface area (Å²) in [6.07, 6.45) is 0. The zero-order chi connectivity index (χ0) is 18.3. The summed E-state index contributed by atoms with van der Waals surface area (Å²) in [7, 11) is 1.59. The minimum atomic E-state index is -0.524. The molecule has 2 aromatic carbocycles. The van der Waals surface area contributed by atoms with E-state index in [2.05, 4.69) is 17.5 Å². The fraction of sp³-hybridized carbons (Fsp3) is 0.100. The summed E-state index contributed by atoms with van der Waals surface area (Å²) < 4.78 is 5.20. The Morgan fingerprint density at radius 2 is 1.73 bits per heavy atom. The van der Waals surface area contributed by atoms with Crippen LogP contribution in [0.3, 0.4) is 0 Å². The molecule has 26 heavy (non-hydrogen) atoms. The molecule has 126 valence electrons. The lowest BCUT2D eigenvalue weighted by Crippen LogP contribution is -2.34. The van der Waals surface area contributed by atoms with Crippen LogP contribution in [-0.2, 0) is 0 Å². The van der Waals surface area contributed by atoms with Gasteiger partial charge >= 0.3 is 0 Å². The normalized spacial score (nSPS) is 17.8. The lowest BCUT2D eigenvalue weighted by atomic mass is 9.83. The van der Waals surface area contributed by atoms with Crippen LogP contribution in [0.25, 0.3) is 0 Å². The van der Waals surface area contributed by atoms with Crippen molar-refractivity contribution < 1.29 is 4.74 Å². The Hall–Kier alpha value is -3.90. The van der Waals surface area contributed by atoms with Gasteiger partial charge in [0, 0.05) is 0 Å². The number of fused-ring (bicyclic) bond motifs is 3. The summed E-state index contributed by atoms with van der Waals surface area (Å²) in [6.45, 7) is 0. The first-order valence-electron chi connectivity index (χ1n) is 8.03. The van der Waals surface area contributed by atoms with Crippen LogP contribution in [0.4, 0.5) is 11.4 Å². The molecule has 0 bridgehead atoms. The van der Waals surface area contributed by atoms with E-state index in [0.29, 0.717) is 28.5 Å². The molecule has 0 aliphatic carbocycles. The van der Waals surface area contributed by atoms with Crippen LogP contribution in [-0.4, -0.2) is 7.11 Å².